The summed E-state index contributed by atoms with van der Waals surface area (Å²) < 4.78 is 11.5. The van der Waals surface area contributed by atoms with Gasteiger partial charge in [0.25, 0.3) is 0 Å². The van der Waals surface area contributed by atoms with Crippen LogP contribution in [0, 0.1) is 10.1 Å². The first-order valence-electron chi connectivity index (χ1n) is 11.2. The second-order valence-electron chi connectivity index (χ2n) is 7.96. The Hall–Kier alpha value is -3.71. The number of pyridine rings is 1. The summed E-state index contributed by atoms with van der Waals surface area (Å²) >= 11 is 0. The van der Waals surface area contributed by atoms with Crippen molar-refractivity contribution >= 4 is 27.4 Å². The third-order valence-electron chi connectivity index (χ3n) is 6.06. The molecule has 0 unspecified atom stereocenters. The Morgan fingerprint density at radius 1 is 1.03 bits per heavy atom. The summed E-state index contributed by atoms with van der Waals surface area (Å²) in [5, 5.41) is 18.8. The summed E-state index contributed by atoms with van der Waals surface area (Å²) in [6.07, 6.45) is 0.860. The Kier molecular flexibility index (Phi) is 5.56. The van der Waals surface area contributed by atoms with Crippen LogP contribution in [0.15, 0.2) is 48.5 Å². The summed E-state index contributed by atoms with van der Waals surface area (Å²) in [4.78, 5) is 16.5. The van der Waals surface area contributed by atoms with E-state index in [9.17, 15) is 10.1 Å². The van der Waals surface area contributed by atoms with Crippen LogP contribution in [0.25, 0.3) is 32.9 Å². The molecule has 1 N–H and O–H groups in total. The van der Waals surface area contributed by atoms with Gasteiger partial charge in [-0.15, -0.1) is 0 Å². The molecule has 3 aromatic carbocycles. The average molecular weight is 444 g/mol. The molecule has 0 radical (unpaired) electrons. The van der Waals surface area contributed by atoms with Crippen molar-refractivity contribution in [3.63, 3.8) is 0 Å². The number of hydrogen-bond acceptors (Lipinski definition) is 6. The number of benzene rings is 3. The highest BCUT2D eigenvalue weighted by Gasteiger charge is 2.26. The van der Waals surface area contributed by atoms with Gasteiger partial charge in [0.2, 0.25) is 5.75 Å². The lowest BCUT2D eigenvalue weighted by Gasteiger charge is -2.24. The van der Waals surface area contributed by atoms with Crippen LogP contribution in [0.3, 0.4) is 0 Å². The Labute approximate surface area is 191 Å². The van der Waals surface area contributed by atoms with Gasteiger partial charge >= 0.3 is 5.69 Å². The van der Waals surface area contributed by atoms with Crippen molar-refractivity contribution in [3.8, 4) is 22.8 Å². The SMILES string of the molecule is CCOc1cc(OCC)c([N+](=O)[O-])cc1-c1nc2ccc3ccccc3c2c2c1CNCC2. The number of ether oxygens (including phenoxy) is 2. The molecule has 0 amide bonds. The van der Waals surface area contributed by atoms with E-state index < -0.39 is 4.92 Å². The van der Waals surface area contributed by atoms with Gasteiger partial charge in [-0.1, -0.05) is 30.3 Å². The predicted octanol–water partition coefficient (Wildman–Crippen LogP) is 5.41. The minimum absolute atomic E-state index is 0.0896. The first-order chi connectivity index (χ1) is 16.1. The fraction of sp³-hybridized carbons (Fsp3) is 0.269. The normalized spacial score (nSPS) is 13.2. The molecule has 5 rings (SSSR count). The maximum Gasteiger partial charge on any atom is 0.311 e. The van der Waals surface area contributed by atoms with Crippen LogP contribution < -0.4 is 14.8 Å². The van der Waals surface area contributed by atoms with E-state index in [2.05, 4.69) is 23.5 Å². The lowest BCUT2D eigenvalue weighted by Crippen LogP contribution is -2.25. The zero-order valence-corrected chi connectivity index (χ0v) is 18.7. The van der Waals surface area contributed by atoms with E-state index in [4.69, 9.17) is 14.5 Å². The van der Waals surface area contributed by atoms with Crippen molar-refractivity contribution in [1.82, 2.24) is 10.3 Å². The van der Waals surface area contributed by atoms with Crippen molar-refractivity contribution in [1.29, 1.82) is 0 Å². The fourth-order valence-electron chi connectivity index (χ4n) is 4.69. The molecule has 0 saturated carbocycles. The van der Waals surface area contributed by atoms with E-state index in [1.165, 1.54) is 16.3 Å². The Morgan fingerprint density at radius 3 is 2.61 bits per heavy atom. The predicted molar refractivity (Wildman–Crippen MR) is 129 cm³/mol. The van der Waals surface area contributed by atoms with Gasteiger partial charge in [0.15, 0.2) is 0 Å². The van der Waals surface area contributed by atoms with Crippen LogP contribution in [0.2, 0.25) is 0 Å². The molecule has 7 nitrogen and oxygen atoms in total. The highest BCUT2D eigenvalue weighted by molar-refractivity contribution is 6.09. The molecule has 0 saturated heterocycles. The third-order valence-corrected chi connectivity index (χ3v) is 6.06. The molecule has 33 heavy (non-hydrogen) atoms. The van der Waals surface area contributed by atoms with E-state index in [1.807, 2.05) is 25.1 Å². The van der Waals surface area contributed by atoms with E-state index in [-0.39, 0.29) is 11.4 Å². The summed E-state index contributed by atoms with van der Waals surface area (Å²) in [6.45, 7) is 5.96. The van der Waals surface area contributed by atoms with Gasteiger partial charge in [0.05, 0.1) is 29.3 Å². The molecule has 1 aliphatic heterocycles. The summed E-state index contributed by atoms with van der Waals surface area (Å²) in [5.41, 5.74) is 4.42. The minimum atomic E-state index is -0.413. The van der Waals surface area contributed by atoms with Gasteiger partial charge in [0, 0.05) is 29.6 Å². The number of nitrogens with zero attached hydrogens (tertiary/aromatic N) is 2. The van der Waals surface area contributed by atoms with Gasteiger partial charge in [-0.25, -0.2) is 4.98 Å². The number of aromatic nitrogens is 1. The van der Waals surface area contributed by atoms with Crippen LogP contribution in [-0.4, -0.2) is 29.7 Å². The van der Waals surface area contributed by atoms with Crippen LogP contribution in [0.5, 0.6) is 11.5 Å². The summed E-state index contributed by atoms with van der Waals surface area (Å²) in [6, 6.07) is 15.6. The van der Waals surface area contributed by atoms with Gasteiger partial charge in [-0.2, -0.15) is 0 Å². The number of nitro groups is 1. The molecule has 1 aliphatic rings. The Morgan fingerprint density at radius 2 is 1.82 bits per heavy atom. The standard InChI is InChI=1S/C26H25N3O4/c1-3-32-23-14-24(33-4-2)22(29(30)31)13-19(23)26-20-15-27-12-11-18(20)25-17-8-6-5-7-16(17)9-10-21(25)28-26/h5-10,13-14,27H,3-4,11-12,15H2,1-2H3. The molecular weight excluding hydrogens is 418 g/mol. The minimum Gasteiger partial charge on any atom is -0.493 e. The largest absolute Gasteiger partial charge is 0.493 e. The second-order valence-corrected chi connectivity index (χ2v) is 7.96. The zero-order valence-electron chi connectivity index (χ0n) is 18.7. The number of fused-ring (bicyclic) bond motifs is 5. The van der Waals surface area contributed by atoms with Crippen LogP contribution >= 0.6 is 0 Å². The highest BCUT2D eigenvalue weighted by Crippen LogP contribution is 2.43. The number of nitro benzene ring substituents is 1. The van der Waals surface area contributed by atoms with Gasteiger partial charge in [-0.05, 0) is 54.8 Å². The Balaban J connectivity index is 1.84. The molecule has 0 aliphatic carbocycles. The van der Waals surface area contributed by atoms with E-state index >= 15 is 0 Å². The second kappa shape index (κ2) is 8.67. The smallest absolute Gasteiger partial charge is 0.311 e. The monoisotopic (exact) mass is 443 g/mol. The first-order valence-corrected chi connectivity index (χ1v) is 11.2. The van der Waals surface area contributed by atoms with Crippen molar-refractivity contribution in [2.45, 2.75) is 26.8 Å². The third kappa shape index (κ3) is 3.64. The number of hydrogen-bond donors (Lipinski definition) is 1. The maximum atomic E-state index is 11.8. The molecule has 1 aromatic heterocycles. The molecule has 0 spiro atoms. The molecule has 0 atom stereocenters. The Bertz CT molecular complexity index is 1380. The lowest BCUT2D eigenvalue weighted by molar-refractivity contribution is -0.385. The first kappa shape index (κ1) is 21.2. The average Bonchev–Trinajstić information content (AvgIpc) is 2.83. The highest BCUT2D eigenvalue weighted by atomic mass is 16.6. The van der Waals surface area contributed by atoms with Crippen LogP contribution in [0.1, 0.15) is 25.0 Å². The summed E-state index contributed by atoms with van der Waals surface area (Å²) in [7, 11) is 0. The van der Waals surface area contributed by atoms with Crippen molar-refractivity contribution in [2.24, 2.45) is 0 Å². The topological polar surface area (TPSA) is 86.5 Å². The molecular formula is C26H25N3O4. The number of nitrogens with one attached hydrogen (secondary N) is 1. The molecule has 7 heteroatoms. The summed E-state index contributed by atoms with van der Waals surface area (Å²) in [5.74, 6) is 0.737. The van der Waals surface area contributed by atoms with Crippen molar-refractivity contribution < 1.29 is 14.4 Å². The van der Waals surface area contributed by atoms with Gasteiger partial charge in [-0.3, -0.25) is 10.1 Å². The quantitative estimate of drug-likeness (QED) is 0.244. The fourth-order valence-corrected chi connectivity index (χ4v) is 4.69. The van der Waals surface area contributed by atoms with Crippen LogP contribution in [-0.2, 0) is 13.0 Å². The molecule has 4 aromatic rings. The van der Waals surface area contributed by atoms with E-state index in [0.29, 0.717) is 31.1 Å². The van der Waals surface area contributed by atoms with Crippen LogP contribution in [0.4, 0.5) is 5.69 Å². The van der Waals surface area contributed by atoms with E-state index in [0.717, 1.165) is 35.1 Å². The van der Waals surface area contributed by atoms with Crippen molar-refractivity contribution in [3.05, 3.63) is 69.8 Å². The molecule has 2 heterocycles. The van der Waals surface area contributed by atoms with Gasteiger partial charge in [0.1, 0.15) is 5.75 Å². The number of rotatable bonds is 6. The molecule has 0 fully saturated rings. The maximum absolute atomic E-state index is 11.8. The lowest BCUT2D eigenvalue weighted by atomic mass is 9.90. The van der Waals surface area contributed by atoms with E-state index in [1.54, 1.807) is 19.1 Å². The van der Waals surface area contributed by atoms with Gasteiger partial charge < -0.3 is 14.8 Å². The molecule has 0 bridgehead atoms. The molecule has 168 valence electrons. The zero-order chi connectivity index (χ0) is 22.9. The van der Waals surface area contributed by atoms with Crippen molar-refractivity contribution in [2.75, 3.05) is 19.8 Å².